The van der Waals surface area contributed by atoms with Crippen LogP contribution in [0.4, 0.5) is 8.78 Å². The van der Waals surface area contributed by atoms with Gasteiger partial charge in [-0.15, -0.1) is 0 Å². The number of benzene rings is 2. The summed E-state index contributed by atoms with van der Waals surface area (Å²) in [5.74, 6) is -1.61. The van der Waals surface area contributed by atoms with E-state index in [0.717, 1.165) is 11.6 Å². The second-order valence-electron chi connectivity index (χ2n) is 5.21. The highest BCUT2D eigenvalue weighted by molar-refractivity contribution is 5.32. The Balaban J connectivity index is 2.06. The highest BCUT2D eigenvalue weighted by atomic mass is 19.2. The van der Waals surface area contributed by atoms with Crippen molar-refractivity contribution < 1.29 is 8.78 Å². The van der Waals surface area contributed by atoms with Crippen LogP contribution in [0.15, 0.2) is 36.4 Å². The lowest BCUT2D eigenvalue weighted by atomic mass is 10.00. The van der Waals surface area contributed by atoms with Crippen LogP contribution in [0, 0.1) is 25.5 Å². The number of hydrogen-bond donors (Lipinski definition) is 1. The van der Waals surface area contributed by atoms with Crippen molar-refractivity contribution in [2.45, 2.75) is 33.4 Å². The molecule has 0 bridgehead atoms. The minimum atomic E-state index is -0.809. The number of aryl methyl sites for hydroxylation is 2. The van der Waals surface area contributed by atoms with Gasteiger partial charge in [0.05, 0.1) is 0 Å². The van der Waals surface area contributed by atoms with Crippen molar-refractivity contribution in [3.8, 4) is 0 Å². The van der Waals surface area contributed by atoms with Crippen LogP contribution in [0.5, 0.6) is 0 Å². The fraction of sp³-hybridized carbons (Fsp3) is 0.294. The lowest BCUT2D eigenvalue weighted by Crippen LogP contribution is -2.19. The van der Waals surface area contributed by atoms with Crippen LogP contribution < -0.4 is 5.32 Å². The molecular weight excluding hydrogens is 256 g/mol. The fourth-order valence-corrected chi connectivity index (χ4v) is 2.26. The standard InChI is InChI=1S/C17H19F2N/c1-11-4-5-12(2)15(8-11)13(3)20-10-14-6-7-16(18)17(19)9-14/h4-9,13,20H,10H2,1-3H3. The molecule has 0 spiro atoms. The van der Waals surface area contributed by atoms with Gasteiger partial charge in [-0.2, -0.15) is 0 Å². The molecule has 1 N–H and O–H groups in total. The minimum Gasteiger partial charge on any atom is -0.306 e. The van der Waals surface area contributed by atoms with Gasteiger partial charge in [0.2, 0.25) is 0 Å². The molecule has 2 aromatic rings. The van der Waals surface area contributed by atoms with Crippen LogP contribution in [-0.4, -0.2) is 0 Å². The first-order chi connectivity index (χ1) is 9.47. The Hall–Kier alpha value is -1.74. The Morgan fingerprint density at radius 2 is 1.75 bits per heavy atom. The van der Waals surface area contributed by atoms with Crippen molar-refractivity contribution in [3.05, 3.63) is 70.3 Å². The Labute approximate surface area is 118 Å². The average Bonchev–Trinajstić information content (AvgIpc) is 2.42. The van der Waals surface area contributed by atoms with Gasteiger partial charge >= 0.3 is 0 Å². The smallest absolute Gasteiger partial charge is 0.159 e. The Morgan fingerprint density at radius 3 is 2.45 bits per heavy atom. The molecule has 106 valence electrons. The zero-order valence-electron chi connectivity index (χ0n) is 12.0. The lowest BCUT2D eigenvalue weighted by molar-refractivity contribution is 0.503. The third-order valence-corrected chi connectivity index (χ3v) is 3.50. The summed E-state index contributed by atoms with van der Waals surface area (Å²) in [4.78, 5) is 0. The highest BCUT2D eigenvalue weighted by Gasteiger charge is 2.09. The van der Waals surface area contributed by atoms with Crippen LogP contribution in [0.25, 0.3) is 0 Å². The molecule has 2 aromatic carbocycles. The number of nitrogens with one attached hydrogen (secondary N) is 1. The maximum absolute atomic E-state index is 13.1. The molecule has 1 atom stereocenters. The normalized spacial score (nSPS) is 12.4. The summed E-state index contributed by atoms with van der Waals surface area (Å²) < 4.78 is 26.0. The molecule has 0 aliphatic carbocycles. The summed E-state index contributed by atoms with van der Waals surface area (Å²) in [6, 6.07) is 10.5. The van der Waals surface area contributed by atoms with Gasteiger partial charge in [-0.25, -0.2) is 8.78 Å². The van der Waals surface area contributed by atoms with Crippen molar-refractivity contribution in [3.63, 3.8) is 0 Å². The van der Waals surface area contributed by atoms with Crippen molar-refractivity contribution in [1.82, 2.24) is 5.32 Å². The molecule has 0 fully saturated rings. The summed E-state index contributed by atoms with van der Waals surface area (Å²) in [5, 5.41) is 3.34. The Kier molecular flexibility index (Phi) is 4.50. The molecule has 2 rings (SSSR count). The molecule has 1 nitrogen and oxygen atoms in total. The zero-order chi connectivity index (χ0) is 14.7. The second-order valence-corrected chi connectivity index (χ2v) is 5.21. The van der Waals surface area contributed by atoms with E-state index in [1.165, 1.54) is 22.8 Å². The number of rotatable bonds is 4. The number of halogens is 2. The van der Waals surface area contributed by atoms with E-state index < -0.39 is 11.6 Å². The summed E-state index contributed by atoms with van der Waals surface area (Å²) >= 11 is 0. The van der Waals surface area contributed by atoms with Gasteiger partial charge in [0.15, 0.2) is 11.6 Å². The zero-order valence-corrected chi connectivity index (χ0v) is 12.0. The molecule has 0 aliphatic heterocycles. The van der Waals surface area contributed by atoms with E-state index in [4.69, 9.17) is 0 Å². The predicted octanol–water partition coefficient (Wildman–Crippen LogP) is 4.43. The predicted molar refractivity (Wildman–Crippen MR) is 77.5 cm³/mol. The van der Waals surface area contributed by atoms with E-state index in [2.05, 4.69) is 44.3 Å². The summed E-state index contributed by atoms with van der Waals surface area (Å²) in [6.07, 6.45) is 0. The van der Waals surface area contributed by atoms with Gasteiger partial charge in [0, 0.05) is 12.6 Å². The van der Waals surface area contributed by atoms with Crippen LogP contribution >= 0.6 is 0 Å². The van der Waals surface area contributed by atoms with Gasteiger partial charge < -0.3 is 5.32 Å². The summed E-state index contributed by atoms with van der Waals surface area (Å²) in [7, 11) is 0. The van der Waals surface area contributed by atoms with Crippen LogP contribution in [0.1, 0.15) is 35.2 Å². The van der Waals surface area contributed by atoms with Gasteiger partial charge in [0.25, 0.3) is 0 Å². The molecule has 0 saturated heterocycles. The highest BCUT2D eigenvalue weighted by Crippen LogP contribution is 2.19. The first-order valence-corrected chi connectivity index (χ1v) is 6.72. The summed E-state index contributed by atoms with van der Waals surface area (Å²) in [5.41, 5.74) is 4.40. The maximum atomic E-state index is 13.1. The third-order valence-electron chi connectivity index (χ3n) is 3.50. The molecule has 1 unspecified atom stereocenters. The van der Waals surface area contributed by atoms with Crippen molar-refractivity contribution in [2.75, 3.05) is 0 Å². The molecule has 0 aliphatic rings. The number of hydrogen-bond acceptors (Lipinski definition) is 1. The van der Waals surface area contributed by atoms with Crippen molar-refractivity contribution >= 4 is 0 Å². The summed E-state index contributed by atoms with van der Waals surface area (Å²) in [6.45, 7) is 6.71. The van der Waals surface area contributed by atoms with E-state index in [9.17, 15) is 8.78 Å². The van der Waals surface area contributed by atoms with Crippen molar-refractivity contribution in [1.29, 1.82) is 0 Å². The van der Waals surface area contributed by atoms with E-state index in [0.29, 0.717) is 6.54 Å². The quantitative estimate of drug-likeness (QED) is 0.870. The van der Waals surface area contributed by atoms with E-state index >= 15 is 0 Å². The largest absolute Gasteiger partial charge is 0.306 e. The van der Waals surface area contributed by atoms with E-state index in [-0.39, 0.29) is 6.04 Å². The van der Waals surface area contributed by atoms with E-state index in [1.807, 2.05) is 0 Å². The van der Waals surface area contributed by atoms with Gasteiger partial charge in [-0.3, -0.25) is 0 Å². The lowest BCUT2D eigenvalue weighted by Gasteiger charge is -2.17. The van der Waals surface area contributed by atoms with Crippen LogP contribution in [-0.2, 0) is 6.54 Å². The molecule has 0 amide bonds. The first-order valence-electron chi connectivity index (χ1n) is 6.72. The SMILES string of the molecule is Cc1ccc(C)c(C(C)NCc2ccc(F)c(F)c2)c1. The second kappa shape index (κ2) is 6.14. The maximum Gasteiger partial charge on any atom is 0.159 e. The monoisotopic (exact) mass is 275 g/mol. The van der Waals surface area contributed by atoms with Gasteiger partial charge in [-0.05, 0) is 49.6 Å². The molecular formula is C17H19F2N. The molecule has 0 aromatic heterocycles. The first kappa shape index (κ1) is 14.7. The molecule has 0 heterocycles. The van der Waals surface area contributed by atoms with Crippen molar-refractivity contribution in [2.24, 2.45) is 0 Å². The third kappa shape index (κ3) is 3.42. The molecule has 20 heavy (non-hydrogen) atoms. The Bertz CT molecular complexity index is 608. The van der Waals surface area contributed by atoms with Gasteiger partial charge in [-0.1, -0.05) is 29.8 Å². The van der Waals surface area contributed by atoms with Crippen LogP contribution in [0.2, 0.25) is 0 Å². The van der Waals surface area contributed by atoms with E-state index in [1.54, 1.807) is 6.07 Å². The molecule has 3 heteroatoms. The fourth-order valence-electron chi connectivity index (χ4n) is 2.26. The topological polar surface area (TPSA) is 12.0 Å². The minimum absolute atomic E-state index is 0.156. The van der Waals surface area contributed by atoms with Gasteiger partial charge in [0.1, 0.15) is 0 Å². The van der Waals surface area contributed by atoms with Crippen LogP contribution in [0.3, 0.4) is 0 Å². The molecule has 0 radical (unpaired) electrons. The Morgan fingerprint density at radius 1 is 1.00 bits per heavy atom. The average molecular weight is 275 g/mol. The molecule has 0 saturated carbocycles.